The number of amides is 1. The molecule has 2 rings (SSSR count). The van der Waals surface area contributed by atoms with Crippen LogP contribution in [0.1, 0.15) is 27.7 Å². The zero-order chi connectivity index (χ0) is 16.1. The van der Waals surface area contributed by atoms with Gasteiger partial charge in [0, 0.05) is 5.02 Å². The van der Waals surface area contributed by atoms with E-state index in [1.165, 1.54) is 11.3 Å². The second kappa shape index (κ2) is 7.42. The van der Waals surface area contributed by atoms with Gasteiger partial charge in [0.25, 0.3) is 0 Å². The molecule has 0 spiro atoms. The molecule has 1 aromatic carbocycles. The standard InChI is InChI=1S/C16H16ClNO3S/c1-3-21-16(20)15-10(2)8-14(22-15)18-13(19)9-11-4-6-12(17)7-5-11/h4-8H,3,9H2,1-2H3,(H,18,19). The summed E-state index contributed by atoms with van der Waals surface area (Å²) in [4.78, 5) is 24.3. The molecule has 6 heteroatoms. The Morgan fingerprint density at radius 3 is 2.59 bits per heavy atom. The second-order valence-corrected chi connectivity index (χ2v) is 6.18. The minimum Gasteiger partial charge on any atom is -0.462 e. The molecule has 0 aliphatic rings. The van der Waals surface area contributed by atoms with Crippen LogP contribution in [0.2, 0.25) is 5.02 Å². The van der Waals surface area contributed by atoms with E-state index in [0.29, 0.717) is 21.5 Å². The van der Waals surface area contributed by atoms with Gasteiger partial charge in [-0.2, -0.15) is 0 Å². The van der Waals surface area contributed by atoms with E-state index in [4.69, 9.17) is 16.3 Å². The maximum absolute atomic E-state index is 12.0. The quantitative estimate of drug-likeness (QED) is 0.837. The fourth-order valence-corrected chi connectivity index (χ4v) is 3.02. The van der Waals surface area contributed by atoms with Crippen LogP contribution in [0.3, 0.4) is 0 Å². The van der Waals surface area contributed by atoms with E-state index in [0.717, 1.165) is 11.1 Å². The summed E-state index contributed by atoms with van der Waals surface area (Å²) in [7, 11) is 0. The average molecular weight is 338 g/mol. The normalized spacial score (nSPS) is 10.3. The first kappa shape index (κ1) is 16.5. The Labute approximate surface area is 138 Å². The summed E-state index contributed by atoms with van der Waals surface area (Å²) < 4.78 is 4.98. The van der Waals surface area contributed by atoms with Gasteiger partial charge in [-0.25, -0.2) is 4.79 Å². The van der Waals surface area contributed by atoms with Gasteiger partial charge in [0.05, 0.1) is 18.0 Å². The van der Waals surface area contributed by atoms with E-state index in [1.807, 2.05) is 19.1 Å². The zero-order valence-electron chi connectivity index (χ0n) is 12.3. The number of esters is 1. The first-order valence-electron chi connectivity index (χ1n) is 6.81. The molecule has 0 saturated carbocycles. The molecule has 0 unspecified atom stereocenters. The maximum Gasteiger partial charge on any atom is 0.348 e. The van der Waals surface area contributed by atoms with Crippen molar-refractivity contribution >= 4 is 39.8 Å². The summed E-state index contributed by atoms with van der Waals surface area (Å²) in [6, 6.07) is 8.89. The fourth-order valence-electron chi connectivity index (χ4n) is 1.91. The summed E-state index contributed by atoms with van der Waals surface area (Å²) >= 11 is 7.03. The van der Waals surface area contributed by atoms with Crippen LogP contribution in [-0.2, 0) is 16.0 Å². The highest BCUT2D eigenvalue weighted by atomic mass is 35.5. The Bertz CT molecular complexity index is 679. The third-order valence-electron chi connectivity index (χ3n) is 2.92. The van der Waals surface area contributed by atoms with Crippen LogP contribution in [0.15, 0.2) is 30.3 Å². The fraction of sp³-hybridized carbons (Fsp3) is 0.250. The van der Waals surface area contributed by atoms with Gasteiger partial charge >= 0.3 is 5.97 Å². The highest BCUT2D eigenvalue weighted by Gasteiger charge is 2.15. The second-order valence-electron chi connectivity index (χ2n) is 4.69. The van der Waals surface area contributed by atoms with Gasteiger partial charge in [0.1, 0.15) is 4.88 Å². The molecule has 22 heavy (non-hydrogen) atoms. The van der Waals surface area contributed by atoms with Crippen molar-refractivity contribution < 1.29 is 14.3 Å². The predicted octanol–water partition coefficient (Wildman–Crippen LogP) is 4.07. The minimum atomic E-state index is -0.358. The Morgan fingerprint density at radius 1 is 1.27 bits per heavy atom. The number of halogens is 1. The van der Waals surface area contributed by atoms with Gasteiger partial charge in [0.15, 0.2) is 0 Å². The summed E-state index contributed by atoms with van der Waals surface area (Å²) in [6.45, 7) is 3.90. The van der Waals surface area contributed by atoms with E-state index >= 15 is 0 Å². The zero-order valence-corrected chi connectivity index (χ0v) is 13.9. The number of hydrogen-bond donors (Lipinski definition) is 1. The van der Waals surface area contributed by atoms with Crippen molar-refractivity contribution in [2.24, 2.45) is 0 Å². The molecule has 0 saturated heterocycles. The predicted molar refractivity (Wildman–Crippen MR) is 88.8 cm³/mol. The number of carbonyl (C=O) groups excluding carboxylic acids is 2. The molecule has 1 amide bonds. The van der Waals surface area contributed by atoms with Crippen LogP contribution in [0.5, 0.6) is 0 Å². The maximum atomic E-state index is 12.0. The van der Waals surface area contributed by atoms with Gasteiger partial charge in [-0.05, 0) is 43.2 Å². The highest BCUT2D eigenvalue weighted by Crippen LogP contribution is 2.27. The topological polar surface area (TPSA) is 55.4 Å². The molecule has 0 bridgehead atoms. The Morgan fingerprint density at radius 2 is 1.95 bits per heavy atom. The third kappa shape index (κ3) is 4.32. The van der Waals surface area contributed by atoms with Crippen LogP contribution < -0.4 is 5.32 Å². The smallest absolute Gasteiger partial charge is 0.348 e. The van der Waals surface area contributed by atoms with E-state index in [-0.39, 0.29) is 18.3 Å². The van der Waals surface area contributed by atoms with Gasteiger partial charge in [-0.15, -0.1) is 11.3 Å². The van der Waals surface area contributed by atoms with E-state index in [1.54, 1.807) is 25.1 Å². The molecule has 1 aromatic heterocycles. The number of nitrogens with one attached hydrogen (secondary N) is 1. The van der Waals surface area contributed by atoms with Crippen LogP contribution in [0, 0.1) is 6.92 Å². The van der Waals surface area contributed by atoms with Crippen LogP contribution in [0.25, 0.3) is 0 Å². The van der Waals surface area contributed by atoms with Crippen molar-refractivity contribution in [1.29, 1.82) is 0 Å². The number of aryl methyl sites for hydroxylation is 1. The molecule has 2 aromatic rings. The van der Waals surface area contributed by atoms with Gasteiger partial charge in [0.2, 0.25) is 5.91 Å². The highest BCUT2D eigenvalue weighted by molar-refractivity contribution is 7.18. The SMILES string of the molecule is CCOC(=O)c1sc(NC(=O)Cc2ccc(Cl)cc2)cc1C. The lowest BCUT2D eigenvalue weighted by molar-refractivity contribution is -0.115. The molecule has 0 aliphatic carbocycles. The molecular weight excluding hydrogens is 322 g/mol. The van der Waals surface area contributed by atoms with Crippen molar-refractivity contribution in [2.45, 2.75) is 20.3 Å². The number of carbonyl (C=O) groups is 2. The first-order chi connectivity index (χ1) is 10.5. The molecule has 0 aliphatic heterocycles. The Hall–Kier alpha value is -1.85. The Kier molecular flexibility index (Phi) is 5.57. The van der Waals surface area contributed by atoms with Crippen molar-refractivity contribution in [2.75, 3.05) is 11.9 Å². The molecular formula is C16H16ClNO3S. The number of anilines is 1. The number of ether oxygens (including phenoxy) is 1. The molecule has 0 atom stereocenters. The average Bonchev–Trinajstić information content (AvgIpc) is 2.82. The minimum absolute atomic E-state index is 0.140. The van der Waals surface area contributed by atoms with E-state index in [2.05, 4.69) is 5.32 Å². The molecule has 4 nitrogen and oxygen atoms in total. The van der Waals surface area contributed by atoms with Crippen molar-refractivity contribution in [3.63, 3.8) is 0 Å². The third-order valence-corrected chi connectivity index (χ3v) is 4.30. The number of rotatable bonds is 5. The van der Waals surface area contributed by atoms with Crippen LogP contribution in [-0.4, -0.2) is 18.5 Å². The summed E-state index contributed by atoms with van der Waals surface area (Å²) in [5.74, 6) is -0.498. The molecule has 0 radical (unpaired) electrons. The summed E-state index contributed by atoms with van der Waals surface area (Å²) in [5, 5.41) is 4.08. The first-order valence-corrected chi connectivity index (χ1v) is 8.01. The van der Waals surface area contributed by atoms with Gasteiger partial charge < -0.3 is 10.1 Å². The molecule has 0 fully saturated rings. The molecule has 1 N–H and O–H groups in total. The van der Waals surface area contributed by atoms with Gasteiger partial charge in [-0.1, -0.05) is 23.7 Å². The lowest BCUT2D eigenvalue weighted by atomic mass is 10.1. The van der Waals surface area contributed by atoms with Crippen LogP contribution in [0.4, 0.5) is 5.00 Å². The monoisotopic (exact) mass is 337 g/mol. The van der Waals surface area contributed by atoms with E-state index < -0.39 is 0 Å². The summed E-state index contributed by atoms with van der Waals surface area (Å²) in [6.07, 6.45) is 0.253. The lowest BCUT2D eigenvalue weighted by Crippen LogP contribution is -2.13. The number of thiophene rings is 1. The van der Waals surface area contributed by atoms with E-state index in [9.17, 15) is 9.59 Å². The lowest BCUT2D eigenvalue weighted by Gasteiger charge is -2.03. The number of hydrogen-bond acceptors (Lipinski definition) is 4. The molecule has 116 valence electrons. The van der Waals surface area contributed by atoms with Crippen molar-refractivity contribution in [1.82, 2.24) is 0 Å². The van der Waals surface area contributed by atoms with Gasteiger partial charge in [-0.3, -0.25) is 4.79 Å². The van der Waals surface area contributed by atoms with Crippen molar-refractivity contribution in [3.8, 4) is 0 Å². The van der Waals surface area contributed by atoms with Crippen molar-refractivity contribution in [3.05, 3.63) is 51.4 Å². The largest absolute Gasteiger partial charge is 0.462 e. The molecule has 1 heterocycles. The Balaban J connectivity index is 2.01. The number of benzene rings is 1. The van der Waals surface area contributed by atoms with Crippen LogP contribution >= 0.6 is 22.9 Å². The summed E-state index contributed by atoms with van der Waals surface area (Å²) in [5.41, 5.74) is 1.67.